The highest BCUT2D eigenvalue weighted by molar-refractivity contribution is 6.30. The summed E-state index contributed by atoms with van der Waals surface area (Å²) in [6, 6.07) is 15.1. The molecule has 0 bridgehead atoms. The van der Waals surface area contributed by atoms with Gasteiger partial charge in [0.05, 0.1) is 0 Å². The van der Waals surface area contributed by atoms with Crippen LogP contribution in [0.1, 0.15) is 24.5 Å². The van der Waals surface area contributed by atoms with E-state index in [1.807, 2.05) is 50.2 Å². The van der Waals surface area contributed by atoms with Gasteiger partial charge in [-0.15, -0.1) is 0 Å². The average molecular weight is 303 g/mol. The van der Waals surface area contributed by atoms with Crippen molar-refractivity contribution in [3.63, 3.8) is 0 Å². The Balaban J connectivity index is 2.46. The minimum Gasteiger partial charge on any atom is -0.368 e. The van der Waals surface area contributed by atoms with Crippen molar-refractivity contribution in [2.24, 2.45) is 5.73 Å². The standard InChI is InChI=1S/C17H19ClN2O/c1-3-17(16(19)21,13-5-4-6-14(18)11-13)20-15-9-7-12(2)8-10-15/h4-11,20H,3H2,1-2H3,(H2,19,21). The molecule has 3 N–H and O–H groups in total. The molecule has 0 fully saturated rings. The van der Waals surface area contributed by atoms with Crippen molar-refractivity contribution in [1.29, 1.82) is 0 Å². The first-order chi connectivity index (χ1) is 9.98. The number of anilines is 1. The SMILES string of the molecule is CCC(Nc1ccc(C)cc1)(C(N)=O)c1cccc(Cl)c1. The maximum absolute atomic E-state index is 12.2. The van der Waals surface area contributed by atoms with Crippen molar-refractivity contribution in [2.75, 3.05) is 5.32 Å². The van der Waals surface area contributed by atoms with Gasteiger partial charge in [-0.3, -0.25) is 4.79 Å². The van der Waals surface area contributed by atoms with Gasteiger partial charge in [0.25, 0.3) is 0 Å². The molecular formula is C17H19ClN2O. The Bertz CT molecular complexity index is 639. The second kappa shape index (κ2) is 6.19. The zero-order chi connectivity index (χ0) is 15.5. The number of primary amides is 1. The summed E-state index contributed by atoms with van der Waals surface area (Å²) in [5.74, 6) is -0.423. The van der Waals surface area contributed by atoms with Crippen LogP contribution < -0.4 is 11.1 Å². The number of nitrogens with two attached hydrogens (primary N) is 1. The van der Waals surface area contributed by atoms with Crippen LogP contribution in [-0.4, -0.2) is 5.91 Å². The summed E-state index contributed by atoms with van der Waals surface area (Å²) < 4.78 is 0. The summed E-state index contributed by atoms with van der Waals surface area (Å²) in [6.07, 6.45) is 0.524. The van der Waals surface area contributed by atoms with E-state index >= 15 is 0 Å². The topological polar surface area (TPSA) is 55.1 Å². The lowest BCUT2D eigenvalue weighted by Crippen LogP contribution is -2.47. The fourth-order valence-electron chi connectivity index (χ4n) is 2.38. The van der Waals surface area contributed by atoms with Crippen molar-refractivity contribution >= 4 is 23.2 Å². The summed E-state index contributed by atoms with van der Waals surface area (Å²) in [7, 11) is 0. The van der Waals surface area contributed by atoms with E-state index < -0.39 is 11.4 Å². The van der Waals surface area contributed by atoms with E-state index in [-0.39, 0.29) is 0 Å². The van der Waals surface area contributed by atoms with E-state index in [2.05, 4.69) is 5.32 Å². The molecule has 4 heteroatoms. The molecule has 1 amide bonds. The zero-order valence-corrected chi connectivity index (χ0v) is 12.9. The highest BCUT2D eigenvalue weighted by Gasteiger charge is 2.36. The number of benzene rings is 2. The van der Waals surface area contributed by atoms with Gasteiger partial charge in [0.15, 0.2) is 0 Å². The number of amides is 1. The molecule has 3 nitrogen and oxygen atoms in total. The fraction of sp³-hybridized carbons (Fsp3) is 0.235. The predicted molar refractivity (Wildman–Crippen MR) is 87.4 cm³/mol. The van der Waals surface area contributed by atoms with E-state index in [4.69, 9.17) is 17.3 Å². The molecule has 0 aliphatic rings. The van der Waals surface area contributed by atoms with E-state index in [9.17, 15) is 4.79 Å². The lowest BCUT2D eigenvalue weighted by Gasteiger charge is -2.32. The van der Waals surface area contributed by atoms with E-state index in [1.54, 1.807) is 12.1 Å². The minimum absolute atomic E-state index is 0.423. The van der Waals surface area contributed by atoms with Crippen molar-refractivity contribution in [3.05, 3.63) is 64.7 Å². The molecule has 0 spiro atoms. The Hall–Kier alpha value is -2.00. The van der Waals surface area contributed by atoms with Gasteiger partial charge >= 0.3 is 0 Å². The van der Waals surface area contributed by atoms with Gasteiger partial charge in [-0.05, 0) is 43.2 Å². The molecule has 2 aromatic carbocycles. The molecule has 2 rings (SSSR count). The molecule has 1 atom stereocenters. The lowest BCUT2D eigenvalue weighted by atomic mass is 9.86. The first-order valence-corrected chi connectivity index (χ1v) is 7.26. The monoisotopic (exact) mass is 302 g/mol. The van der Waals surface area contributed by atoms with Crippen LogP contribution in [0.25, 0.3) is 0 Å². The number of carbonyl (C=O) groups excluding carboxylic acids is 1. The number of hydrogen-bond acceptors (Lipinski definition) is 2. The highest BCUT2D eigenvalue weighted by atomic mass is 35.5. The van der Waals surface area contributed by atoms with Crippen LogP contribution in [0.4, 0.5) is 5.69 Å². The maximum Gasteiger partial charge on any atom is 0.247 e. The minimum atomic E-state index is -0.972. The summed E-state index contributed by atoms with van der Waals surface area (Å²) in [4.78, 5) is 12.2. The molecule has 1 unspecified atom stereocenters. The van der Waals surface area contributed by atoms with Crippen molar-refractivity contribution in [2.45, 2.75) is 25.8 Å². The molecule has 0 radical (unpaired) electrons. The van der Waals surface area contributed by atoms with Crippen LogP contribution in [0.2, 0.25) is 5.02 Å². The van der Waals surface area contributed by atoms with Crippen LogP contribution in [0, 0.1) is 6.92 Å². The summed E-state index contributed by atoms with van der Waals surface area (Å²) >= 11 is 6.06. The number of rotatable bonds is 5. The summed E-state index contributed by atoms with van der Waals surface area (Å²) in [6.45, 7) is 3.94. The Morgan fingerprint density at radius 3 is 2.43 bits per heavy atom. The molecule has 0 aromatic heterocycles. The Morgan fingerprint density at radius 2 is 1.90 bits per heavy atom. The fourth-order valence-corrected chi connectivity index (χ4v) is 2.57. The van der Waals surface area contributed by atoms with Crippen LogP contribution in [0.3, 0.4) is 0 Å². The second-order valence-electron chi connectivity index (χ2n) is 5.12. The molecule has 21 heavy (non-hydrogen) atoms. The number of halogens is 1. The number of nitrogens with one attached hydrogen (secondary N) is 1. The predicted octanol–water partition coefficient (Wildman–Crippen LogP) is 3.85. The first kappa shape index (κ1) is 15.4. The lowest BCUT2D eigenvalue weighted by molar-refractivity contribution is -0.122. The van der Waals surface area contributed by atoms with E-state index in [0.717, 1.165) is 16.8 Å². The van der Waals surface area contributed by atoms with Gasteiger partial charge < -0.3 is 11.1 Å². The third-order valence-corrected chi connectivity index (χ3v) is 3.91. The zero-order valence-electron chi connectivity index (χ0n) is 12.2. The molecule has 0 aliphatic carbocycles. The third kappa shape index (κ3) is 3.19. The number of carbonyl (C=O) groups is 1. The van der Waals surface area contributed by atoms with Crippen LogP contribution in [0.5, 0.6) is 0 Å². The number of aryl methyl sites for hydroxylation is 1. The van der Waals surface area contributed by atoms with Crippen LogP contribution >= 0.6 is 11.6 Å². The Morgan fingerprint density at radius 1 is 1.24 bits per heavy atom. The summed E-state index contributed by atoms with van der Waals surface area (Å²) in [5, 5.41) is 3.86. The van der Waals surface area contributed by atoms with Crippen molar-refractivity contribution in [1.82, 2.24) is 0 Å². The van der Waals surface area contributed by atoms with Gasteiger partial charge in [0.1, 0.15) is 5.54 Å². The first-order valence-electron chi connectivity index (χ1n) is 6.89. The molecule has 2 aromatic rings. The smallest absolute Gasteiger partial charge is 0.247 e. The number of hydrogen-bond donors (Lipinski definition) is 2. The quantitative estimate of drug-likeness (QED) is 0.881. The van der Waals surface area contributed by atoms with Crippen LogP contribution in [-0.2, 0) is 10.3 Å². The molecule has 0 aliphatic heterocycles. The molecule has 110 valence electrons. The van der Waals surface area contributed by atoms with Gasteiger partial charge in [0.2, 0.25) is 5.91 Å². The summed E-state index contributed by atoms with van der Waals surface area (Å²) in [5.41, 5.74) is 7.50. The second-order valence-corrected chi connectivity index (χ2v) is 5.56. The highest BCUT2D eigenvalue weighted by Crippen LogP contribution is 2.31. The Kier molecular flexibility index (Phi) is 4.53. The van der Waals surface area contributed by atoms with Gasteiger partial charge in [-0.25, -0.2) is 0 Å². The van der Waals surface area contributed by atoms with E-state index in [0.29, 0.717) is 11.4 Å². The van der Waals surface area contributed by atoms with Crippen LogP contribution in [0.15, 0.2) is 48.5 Å². The normalized spacial score (nSPS) is 13.5. The molecule has 0 saturated heterocycles. The van der Waals surface area contributed by atoms with Gasteiger partial charge in [0, 0.05) is 10.7 Å². The maximum atomic E-state index is 12.2. The van der Waals surface area contributed by atoms with Crippen molar-refractivity contribution in [3.8, 4) is 0 Å². The largest absolute Gasteiger partial charge is 0.368 e. The molecule has 0 heterocycles. The van der Waals surface area contributed by atoms with Gasteiger partial charge in [-0.1, -0.05) is 48.4 Å². The van der Waals surface area contributed by atoms with Gasteiger partial charge in [-0.2, -0.15) is 0 Å². The van der Waals surface area contributed by atoms with Crippen molar-refractivity contribution < 1.29 is 4.79 Å². The Labute approximate surface area is 130 Å². The average Bonchev–Trinajstić information content (AvgIpc) is 2.46. The third-order valence-electron chi connectivity index (χ3n) is 3.68. The molecular weight excluding hydrogens is 284 g/mol. The molecule has 0 saturated carbocycles. The van der Waals surface area contributed by atoms with E-state index in [1.165, 1.54) is 0 Å².